The van der Waals surface area contributed by atoms with Crippen LogP contribution in [0.4, 0.5) is 18.9 Å². The Hall–Kier alpha value is -2.85. The first-order chi connectivity index (χ1) is 15.1. The first-order valence-corrected chi connectivity index (χ1v) is 11.4. The molecule has 2 aromatic carbocycles. The fourth-order valence-electron chi connectivity index (χ4n) is 2.75. The van der Waals surface area contributed by atoms with Crippen molar-refractivity contribution in [2.75, 3.05) is 24.7 Å². The molecule has 1 aromatic heterocycles. The normalized spacial score (nSPS) is 11.3. The van der Waals surface area contributed by atoms with E-state index in [0.29, 0.717) is 4.34 Å². The number of nitrogens with one attached hydrogen (secondary N) is 1. The minimum absolute atomic E-state index is 0.0593. The van der Waals surface area contributed by atoms with E-state index in [1.54, 1.807) is 0 Å². The standard InChI is InChI=1S/C22H20F3N3O2S2/c1-14-7-9-15(10-8-14)18-12-31-21(27-18)32-13-20(30)28(2)11-19(29)26-17-6-4-3-5-16(17)22(23,24)25/h3-10,12H,11,13H2,1-2H3,(H,26,29). The number of halogens is 3. The Morgan fingerprint density at radius 3 is 2.50 bits per heavy atom. The molecule has 2 amide bonds. The number of aromatic nitrogens is 1. The second-order valence-electron chi connectivity index (χ2n) is 6.99. The van der Waals surface area contributed by atoms with Crippen molar-refractivity contribution in [2.45, 2.75) is 17.4 Å². The SMILES string of the molecule is Cc1ccc(-c2csc(SCC(=O)N(C)CC(=O)Nc3ccccc3C(F)(F)F)n2)cc1. The van der Waals surface area contributed by atoms with Crippen molar-refractivity contribution in [1.29, 1.82) is 0 Å². The van der Waals surface area contributed by atoms with E-state index in [0.717, 1.165) is 22.9 Å². The molecule has 168 valence electrons. The lowest BCUT2D eigenvalue weighted by Gasteiger charge is -2.18. The van der Waals surface area contributed by atoms with Crippen molar-refractivity contribution in [3.63, 3.8) is 0 Å². The molecule has 32 heavy (non-hydrogen) atoms. The maximum atomic E-state index is 13.1. The van der Waals surface area contributed by atoms with Crippen molar-refractivity contribution >= 4 is 40.6 Å². The molecule has 3 rings (SSSR count). The summed E-state index contributed by atoms with van der Waals surface area (Å²) in [6.07, 6.45) is -4.59. The summed E-state index contributed by atoms with van der Waals surface area (Å²) in [7, 11) is 1.43. The first kappa shape index (κ1) is 23.8. The average molecular weight is 480 g/mol. The van der Waals surface area contributed by atoms with Crippen molar-refractivity contribution < 1.29 is 22.8 Å². The zero-order valence-electron chi connectivity index (χ0n) is 17.3. The van der Waals surface area contributed by atoms with Gasteiger partial charge in [0.1, 0.15) is 0 Å². The number of para-hydroxylation sites is 1. The zero-order valence-corrected chi connectivity index (χ0v) is 18.9. The van der Waals surface area contributed by atoms with Crippen molar-refractivity contribution in [3.8, 4) is 11.3 Å². The third-order valence-corrected chi connectivity index (χ3v) is 6.47. The number of aryl methyl sites for hydroxylation is 1. The molecule has 0 unspecified atom stereocenters. The van der Waals surface area contributed by atoms with Crippen molar-refractivity contribution in [2.24, 2.45) is 0 Å². The summed E-state index contributed by atoms with van der Waals surface area (Å²) in [6, 6.07) is 12.7. The Kier molecular flexibility index (Phi) is 7.57. The van der Waals surface area contributed by atoms with Gasteiger partial charge in [-0.1, -0.05) is 53.7 Å². The van der Waals surface area contributed by atoms with Gasteiger partial charge in [0.05, 0.1) is 29.2 Å². The van der Waals surface area contributed by atoms with Gasteiger partial charge in [-0.3, -0.25) is 9.59 Å². The number of benzene rings is 2. The van der Waals surface area contributed by atoms with E-state index in [4.69, 9.17) is 0 Å². The molecule has 0 aliphatic rings. The lowest BCUT2D eigenvalue weighted by Crippen LogP contribution is -2.36. The van der Waals surface area contributed by atoms with Crippen molar-refractivity contribution in [3.05, 3.63) is 65.0 Å². The molecule has 0 spiro atoms. The Morgan fingerprint density at radius 1 is 1.12 bits per heavy atom. The van der Waals surface area contributed by atoms with Crippen LogP contribution in [-0.4, -0.2) is 41.0 Å². The highest BCUT2D eigenvalue weighted by molar-refractivity contribution is 8.01. The number of thioether (sulfide) groups is 1. The van der Waals surface area contributed by atoms with Gasteiger partial charge in [0.2, 0.25) is 11.8 Å². The topological polar surface area (TPSA) is 62.3 Å². The van der Waals surface area contributed by atoms with Gasteiger partial charge in [0.15, 0.2) is 4.34 Å². The van der Waals surface area contributed by atoms with Crippen LogP contribution in [0.5, 0.6) is 0 Å². The molecule has 1 N–H and O–H groups in total. The van der Waals surface area contributed by atoms with Gasteiger partial charge < -0.3 is 10.2 Å². The lowest BCUT2D eigenvalue weighted by molar-refractivity contribution is -0.137. The highest BCUT2D eigenvalue weighted by Crippen LogP contribution is 2.34. The molecule has 5 nitrogen and oxygen atoms in total. The van der Waals surface area contributed by atoms with E-state index < -0.39 is 17.6 Å². The largest absolute Gasteiger partial charge is 0.418 e. The van der Waals surface area contributed by atoms with Gasteiger partial charge in [-0.15, -0.1) is 11.3 Å². The Bertz CT molecular complexity index is 1100. The fraction of sp³-hybridized carbons (Fsp3) is 0.227. The van der Waals surface area contributed by atoms with Crippen LogP contribution in [0.2, 0.25) is 0 Å². The van der Waals surface area contributed by atoms with E-state index in [-0.39, 0.29) is 23.9 Å². The summed E-state index contributed by atoms with van der Waals surface area (Å²) in [6.45, 7) is 1.64. The molecule has 0 aliphatic heterocycles. The molecule has 0 fully saturated rings. The maximum Gasteiger partial charge on any atom is 0.418 e. The number of carbonyl (C=O) groups is 2. The van der Waals surface area contributed by atoms with Crippen LogP contribution < -0.4 is 5.32 Å². The highest BCUT2D eigenvalue weighted by Gasteiger charge is 2.33. The number of rotatable bonds is 7. The molecule has 0 radical (unpaired) electrons. The van der Waals surface area contributed by atoms with Gasteiger partial charge in [-0.25, -0.2) is 4.98 Å². The van der Waals surface area contributed by atoms with Crippen LogP contribution >= 0.6 is 23.1 Å². The van der Waals surface area contributed by atoms with E-state index >= 15 is 0 Å². The van der Waals surface area contributed by atoms with Crippen LogP contribution in [0.25, 0.3) is 11.3 Å². The highest BCUT2D eigenvalue weighted by atomic mass is 32.2. The van der Waals surface area contributed by atoms with Crippen LogP contribution in [0.15, 0.2) is 58.3 Å². The molecule has 0 saturated carbocycles. The summed E-state index contributed by atoms with van der Waals surface area (Å²) in [4.78, 5) is 30.2. The molecule has 0 aliphatic carbocycles. The summed E-state index contributed by atoms with van der Waals surface area (Å²) < 4.78 is 39.9. The molecule has 0 bridgehead atoms. The van der Waals surface area contributed by atoms with E-state index in [1.807, 2.05) is 36.6 Å². The second-order valence-corrected chi connectivity index (χ2v) is 9.08. The molecule has 1 heterocycles. The smallest absolute Gasteiger partial charge is 0.336 e. The van der Waals surface area contributed by atoms with Crippen LogP contribution in [0.1, 0.15) is 11.1 Å². The van der Waals surface area contributed by atoms with Gasteiger partial charge in [-0.2, -0.15) is 13.2 Å². The maximum absolute atomic E-state index is 13.1. The third kappa shape index (κ3) is 6.33. The number of nitrogens with zero attached hydrogens (tertiary/aromatic N) is 2. The Morgan fingerprint density at radius 2 is 1.81 bits per heavy atom. The van der Waals surface area contributed by atoms with Gasteiger partial charge in [0.25, 0.3) is 0 Å². The van der Waals surface area contributed by atoms with Crippen LogP contribution in [0.3, 0.4) is 0 Å². The number of likely N-dealkylation sites (N-methyl/N-ethyl adjacent to an activating group) is 1. The number of carbonyl (C=O) groups excluding carboxylic acids is 2. The molecular formula is C22H20F3N3O2S2. The van der Waals surface area contributed by atoms with Crippen molar-refractivity contribution in [1.82, 2.24) is 9.88 Å². The summed E-state index contributed by atoms with van der Waals surface area (Å²) in [5, 5.41) is 4.14. The van der Waals surface area contributed by atoms with E-state index in [2.05, 4.69) is 10.3 Å². The first-order valence-electron chi connectivity index (χ1n) is 9.49. The van der Waals surface area contributed by atoms with E-state index in [9.17, 15) is 22.8 Å². The van der Waals surface area contributed by atoms with Crippen LogP contribution in [0, 0.1) is 6.92 Å². The predicted octanol–water partition coefficient (Wildman–Crippen LogP) is 5.33. The third-order valence-electron chi connectivity index (χ3n) is 4.46. The predicted molar refractivity (Wildman–Crippen MR) is 121 cm³/mol. The molecule has 3 aromatic rings. The molecule has 10 heteroatoms. The minimum atomic E-state index is -4.59. The number of alkyl halides is 3. The van der Waals surface area contributed by atoms with Gasteiger partial charge in [-0.05, 0) is 19.1 Å². The molecular weight excluding hydrogens is 459 g/mol. The monoisotopic (exact) mass is 479 g/mol. The molecule has 0 atom stereocenters. The van der Waals surface area contributed by atoms with E-state index in [1.165, 1.54) is 53.2 Å². The Balaban J connectivity index is 1.52. The summed E-state index contributed by atoms with van der Waals surface area (Å²) in [5.41, 5.74) is 1.68. The van der Waals surface area contributed by atoms with Gasteiger partial charge in [0, 0.05) is 18.0 Å². The number of hydrogen-bond acceptors (Lipinski definition) is 5. The average Bonchev–Trinajstić information content (AvgIpc) is 3.21. The second kappa shape index (κ2) is 10.2. The van der Waals surface area contributed by atoms with Crippen LogP contribution in [-0.2, 0) is 15.8 Å². The minimum Gasteiger partial charge on any atom is -0.336 e. The molecule has 0 saturated heterocycles. The summed E-state index contributed by atoms with van der Waals surface area (Å²) in [5.74, 6) is -0.983. The quantitative estimate of drug-likeness (QED) is 0.466. The zero-order chi connectivity index (χ0) is 23.3. The van der Waals surface area contributed by atoms with Gasteiger partial charge >= 0.3 is 6.18 Å². The fourth-order valence-corrected chi connectivity index (χ4v) is 4.52. The number of amides is 2. The number of thiazole rings is 1. The summed E-state index contributed by atoms with van der Waals surface area (Å²) >= 11 is 2.67. The Labute approximate surface area is 191 Å². The number of hydrogen-bond donors (Lipinski definition) is 1. The number of anilines is 1. The lowest BCUT2D eigenvalue weighted by atomic mass is 10.1.